The molecule has 1 N–H and O–H groups in total. The van der Waals surface area contributed by atoms with E-state index in [0.29, 0.717) is 19.2 Å². The van der Waals surface area contributed by atoms with Crippen LogP contribution >= 0.6 is 0 Å². The van der Waals surface area contributed by atoms with Crippen LogP contribution in [0, 0.1) is 6.92 Å². The number of nitrogens with zero attached hydrogens (tertiary/aromatic N) is 3. The lowest BCUT2D eigenvalue weighted by molar-refractivity contribution is 0.0636. The van der Waals surface area contributed by atoms with Gasteiger partial charge in [-0.2, -0.15) is 5.10 Å². The first-order valence-corrected chi connectivity index (χ1v) is 8.22. The third-order valence-corrected chi connectivity index (χ3v) is 4.44. The van der Waals surface area contributed by atoms with Crippen LogP contribution in [-0.4, -0.2) is 45.6 Å². The summed E-state index contributed by atoms with van der Waals surface area (Å²) in [6.07, 6.45) is 5.78. The number of aliphatic hydroxyl groups is 1. The molecule has 2 heterocycles. The quantitative estimate of drug-likeness (QED) is 0.889. The number of hydrogen-bond acceptors (Lipinski definition) is 4. The Hall–Kier alpha value is -1.85. The van der Waals surface area contributed by atoms with Gasteiger partial charge in [-0.1, -0.05) is 18.2 Å². The molecule has 2 atom stereocenters. The lowest BCUT2D eigenvalue weighted by atomic mass is 10.1. The number of aryl methyl sites for hydroxylation is 2. The zero-order valence-electron chi connectivity index (χ0n) is 13.9. The van der Waals surface area contributed by atoms with E-state index in [1.807, 2.05) is 49.1 Å². The predicted octanol–water partition coefficient (Wildman–Crippen LogP) is 2.31. The molecule has 1 aliphatic heterocycles. The van der Waals surface area contributed by atoms with Crippen LogP contribution in [0.4, 0.5) is 0 Å². The average molecular weight is 315 g/mol. The van der Waals surface area contributed by atoms with Gasteiger partial charge < -0.3 is 9.84 Å². The fraction of sp³-hybridized carbons (Fsp3) is 0.500. The molecular weight excluding hydrogens is 290 g/mol. The van der Waals surface area contributed by atoms with Gasteiger partial charge in [-0.15, -0.1) is 0 Å². The molecule has 23 heavy (non-hydrogen) atoms. The molecule has 0 amide bonds. The molecule has 3 rings (SSSR count). The maximum atomic E-state index is 10.3. The number of β-amino-alcohol motifs (C(OH)–C–C–N with tert-alkyl or cyclic N) is 1. The molecule has 124 valence electrons. The summed E-state index contributed by atoms with van der Waals surface area (Å²) in [5, 5.41) is 14.6. The van der Waals surface area contributed by atoms with E-state index in [2.05, 4.69) is 16.2 Å². The first-order chi connectivity index (χ1) is 11.1. The fourth-order valence-electron chi connectivity index (χ4n) is 3.26. The molecule has 2 aromatic rings. The standard InChI is InChI=1S/C18H25N3O2/c1-14-6-3-4-8-18(14)23-13-16(22)12-21-9-5-7-17(21)15-10-19-20(2)11-15/h3-4,6,8,10-11,16-17,22H,5,7,9,12-13H2,1-2H3. The monoisotopic (exact) mass is 315 g/mol. The normalized spacial score (nSPS) is 19.9. The van der Waals surface area contributed by atoms with E-state index in [4.69, 9.17) is 4.74 Å². The van der Waals surface area contributed by atoms with E-state index >= 15 is 0 Å². The van der Waals surface area contributed by atoms with Crippen LogP contribution in [0.15, 0.2) is 36.7 Å². The van der Waals surface area contributed by atoms with Gasteiger partial charge in [-0.25, -0.2) is 0 Å². The highest BCUT2D eigenvalue weighted by Gasteiger charge is 2.28. The van der Waals surface area contributed by atoms with Crippen molar-refractivity contribution in [1.82, 2.24) is 14.7 Å². The van der Waals surface area contributed by atoms with Crippen molar-refractivity contribution in [2.75, 3.05) is 19.7 Å². The summed E-state index contributed by atoms with van der Waals surface area (Å²) in [5.74, 6) is 0.844. The SMILES string of the molecule is Cc1ccccc1OCC(O)CN1CCCC1c1cnn(C)c1. The number of aliphatic hydroxyl groups excluding tert-OH is 1. The topological polar surface area (TPSA) is 50.5 Å². The number of aromatic nitrogens is 2. The van der Waals surface area contributed by atoms with Crippen molar-refractivity contribution in [2.45, 2.75) is 31.9 Å². The Morgan fingerprint density at radius 3 is 2.96 bits per heavy atom. The van der Waals surface area contributed by atoms with E-state index in [1.54, 1.807) is 0 Å². The Labute approximate surface area is 137 Å². The molecule has 1 aromatic carbocycles. The maximum Gasteiger partial charge on any atom is 0.122 e. The van der Waals surface area contributed by atoms with Crippen LogP contribution in [0.1, 0.15) is 30.0 Å². The van der Waals surface area contributed by atoms with Gasteiger partial charge in [0, 0.05) is 31.4 Å². The number of ether oxygens (including phenoxy) is 1. The van der Waals surface area contributed by atoms with Gasteiger partial charge >= 0.3 is 0 Å². The van der Waals surface area contributed by atoms with Crippen LogP contribution in [0.3, 0.4) is 0 Å². The summed E-state index contributed by atoms with van der Waals surface area (Å²) < 4.78 is 7.60. The van der Waals surface area contributed by atoms with E-state index in [9.17, 15) is 5.11 Å². The van der Waals surface area contributed by atoms with Gasteiger partial charge in [0.15, 0.2) is 0 Å². The lowest BCUT2D eigenvalue weighted by Crippen LogP contribution is -2.35. The summed E-state index contributed by atoms with van der Waals surface area (Å²) >= 11 is 0. The number of hydrogen-bond donors (Lipinski definition) is 1. The zero-order chi connectivity index (χ0) is 16.2. The lowest BCUT2D eigenvalue weighted by Gasteiger charge is -2.26. The molecule has 1 aliphatic rings. The predicted molar refractivity (Wildman–Crippen MR) is 89.4 cm³/mol. The maximum absolute atomic E-state index is 10.3. The minimum atomic E-state index is -0.494. The van der Waals surface area contributed by atoms with Crippen LogP contribution < -0.4 is 4.74 Å². The number of benzene rings is 1. The molecule has 0 aliphatic carbocycles. The van der Waals surface area contributed by atoms with E-state index in [-0.39, 0.29) is 0 Å². The second kappa shape index (κ2) is 7.15. The molecule has 1 saturated heterocycles. The van der Waals surface area contributed by atoms with E-state index < -0.39 is 6.10 Å². The molecule has 0 radical (unpaired) electrons. The van der Waals surface area contributed by atoms with Gasteiger partial charge in [0.2, 0.25) is 0 Å². The van der Waals surface area contributed by atoms with Crippen molar-refractivity contribution in [3.63, 3.8) is 0 Å². The molecule has 5 nitrogen and oxygen atoms in total. The molecule has 2 unspecified atom stereocenters. The zero-order valence-corrected chi connectivity index (χ0v) is 13.9. The van der Waals surface area contributed by atoms with Crippen LogP contribution in [0.25, 0.3) is 0 Å². The highest BCUT2D eigenvalue weighted by atomic mass is 16.5. The van der Waals surface area contributed by atoms with Crippen LogP contribution in [0.5, 0.6) is 5.75 Å². The molecule has 0 spiro atoms. The summed E-state index contributed by atoms with van der Waals surface area (Å²) in [6.45, 7) is 3.98. The Bertz CT molecular complexity index is 641. The molecular formula is C18H25N3O2. The van der Waals surface area contributed by atoms with E-state index in [1.165, 1.54) is 5.56 Å². The van der Waals surface area contributed by atoms with Crippen molar-refractivity contribution in [3.8, 4) is 5.75 Å². The third-order valence-electron chi connectivity index (χ3n) is 4.44. The van der Waals surface area contributed by atoms with Crippen molar-refractivity contribution in [3.05, 3.63) is 47.8 Å². The number of likely N-dealkylation sites (tertiary alicyclic amines) is 1. The van der Waals surface area contributed by atoms with Crippen molar-refractivity contribution >= 4 is 0 Å². The Balaban J connectivity index is 1.54. The minimum absolute atomic E-state index is 0.321. The first-order valence-electron chi connectivity index (χ1n) is 8.22. The molecule has 1 fully saturated rings. The largest absolute Gasteiger partial charge is 0.491 e. The Morgan fingerprint density at radius 1 is 1.39 bits per heavy atom. The van der Waals surface area contributed by atoms with Crippen molar-refractivity contribution in [1.29, 1.82) is 0 Å². The second-order valence-corrected chi connectivity index (χ2v) is 6.33. The molecule has 1 aromatic heterocycles. The Morgan fingerprint density at radius 2 is 2.22 bits per heavy atom. The van der Waals surface area contributed by atoms with Gasteiger partial charge in [-0.05, 0) is 37.9 Å². The summed E-state index contributed by atoms with van der Waals surface area (Å²) in [7, 11) is 1.94. The van der Waals surface area contributed by atoms with Crippen molar-refractivity contribution in [2.24, 2.45) is 7.05 Å². The number of rotatable bonds is 6. The molecule has 0 saturated carbocycles. The average Bonchev–Trinajstić information content (AvgIpc) is 3.15. The summed E-state index contributed by atoms with van der Waals surface area (Å²) in [6, 6.07) is 8.25. The van der Waals surface area contributed by atoms with Gasteiger partial charge in [0.05, 0.1) is 6.20 Å². The van der Waals surface area contributed by atoms with Crippen LogP contribution in [-0.2, 0) is 7.05 Å². The Kier molecular flexibility index (Phi) is 4.98. The van der Waals surface area contributed by atoms with Gasteiger partial charge in [-0.3, -0.25) is 9.58 Å². The second-order valence-electron chi connectivity index (χ2n) is 6.33. The van der Waals surface area contributed by atoms with Crippen LogP contribution in [0.2, 0.25) is 0 Å². The number of para-hydroxylation sites is 1. The smallest absolute Gasteiger partial charge is 0.122 e. The van der Waals surface area contributed by atoms with E-state index in [0.717, 1.165) is 30.7 Å². The van der Waals surface area contributed by atoms with Gasteiger partial charge in [0.25, 0.3) is 0 Å². The van der Waals surface area contributed by atoms with Crippen molar-refractivity contribution < 1.29 is 9.84 Å². The summed E-state index contributed by atoms with van der Waals surface area (Å²) in [5.41, 5.74) is 2.33. The van der Waals surface area contributed by atoms with Gasteiger partial charge in [0.1, 0.15) is 18.5 Å². The highest BCUT2D eigenvalue weighted by molar-refractivity contribution is 5.31. The first kappa shape index (κ1) is 16.0. The highest BCUT2D eigenvalue weighted by Crippen LogP contribution is 2.31. The fourth-order valence-corrected chi connectivity index (χ4v) is 3.26. The molecule has 0 bridgehead atoms. The minimum Gasteiger partial charge on any atom is -0.491 e. The molecule has 5 heteroatoms. The summed E-state index contributed by atoms with van der Waals surface area (Å²) in [4.78, 5) is 2.34. The third kappa shape index (κ3) is 3.92.